The van der Waals surface area contributed by atoms with Gasteiger partial charge in [0.25, 0.3) is 11.8 Å². The first-order chi connectivity index (χ1) is 11.8. The molecular weight excluding hydrogens is 324 g/mol. The Kier molecular flexibility index (Phi) is 4.32. The second-order valence-electron chi connectivity index (χ2n) is 6.69. The SMILES string of the molecule is CC(C)[C@H](C)Oc1cccc2c1C(=O)N(C1CCC(=O)NC1=O)C2=O. The van der Waals surface area contributed by atoms with Gasteiger partial charge in [0, 0.05) is 6.42 Å². The Balaban J connectivity index is 1.94. The molecule has 0 saturated carbocycles. The summed E-state index contributed by atoms with van der Waals surface area (Å²) in [7, 11) is 0. The molecule has 2 atom stereocenters. The van der Waals surface area contributed by atoms with E-state index in [0.717, 1.165) is 4.90 Å². The van der Waals surface area contributed by atoms with Crippen molar-refractivity contribution in [1.29, 1.82) is 0 Å². The van der Waals surface area contributed by atoms with E-state index >= 15 is 0 Å². The van der Waals surface area contributed by atoms with Crippen LogP contribution >= 0.6 is 0 Å². The second kappa shape index (κ2) is 6.31. The van der Waals surface area contributed by atoms with E-state index in [0.29, 0.717) is 5.75 Å². The molecule has 1 fully saturated rings. The van der Waals surface area contributed by atoms with Gasteiger partial charge >= 0.3 is 0 Å². The monoisotopic (exact) mass is 344 g/mol. The average Bonchev–Trinajstić information content (AvgIpc) is 2.80. The molecule has 0 radical (unpaired) electrons. The van der Waals surface area contributed by atoms with Gasteiger partial charge in [-0.25, -0.2) is 0 Å². The van der Waals surface area contributed by atoms with Crippen molar-refractivity contribution >= 4 is 23.6 Å². The first-order valence-electron chi connectivity index (χ1n) is 8.32. The number of fused-ring (bicyclic) bond motifs is 1. The highest BCUT2D eigenvalue weighted by molar-refractivity contribution is 6.24. The van der Waals surface area contributed by atoms with Gasteiger partial charge in [-0.15, -0.1) is 0 Å². The number of hydrogen-bond acceptors (Lipinski definition) is 5. The zero-order chi connectivity index (χ0) is 18.3. The Hall–Kier alpha value is -2.70. The molecule has 2 aliphatic rings. The molecule has 0 aromatic heterocycles. The molecule has 0 bridgehead atoms. The van der Waals surface area contributed by atoms with Crippen LogP contribution in [0.4, 0.5) is 0 Å². The Labute approximate surface area is 145 Å². The maximum absolute atomic E-state index is 12.9. The van der Waals surface area contributed by atoms with E-state index in [1.807, 2.05) is 20.8 Å². The minimum absolute atomic E-state index is 0.0948. The zero-order valence-electron chi connectivity index (χ0n) is 14.4. The molecule has 1 N–H and O–H groups in total. The van der Waals surface area contributed by atoms with Crippen LogP contribution in [0.2, 0.25) is 0 Å². The maximum Gasteiger partial charge on any atom is 0.266 e. The van der Waals surface area contributed by atoms with Gasteiger partial charge in [-0.1, -0.05) is 19.9 Å². The van der Waals surface area contributed by atoms with E-state index < -0.39 is 29.7 Å². The van der Waals surface area contributed by atoms with Crippen LogP contribution in [0.15, 0.2) is 18.2 Å². The van der Waals surface area contributed by atoms with Gasteiger partial charge in [-0.05, 0) is 31.4 Å². The smallest absolute Gasteiger partial charge is 0.266 e. The summed E-state index contributed by atoms with van der Waals surface area (Å²) in [5.41, 5.74) is 0.410. The van der Waals surface area contributed by atoms with Gasteiger partial charge in [0.1, 0.15) is 11.8 Å². The molecule has 3 rings (SSSR count). The number of nitrogens with zero attached hydrogens (tertiary/aromatic N) is 1. The van der Waals surface area contributed by atoms with E-state index in [1.165, 1.54) is 0 Å². The molecule has 7 nitrogen and oxygen atoms in total. The van der Waals surface area contributed by atoms with Crippen LogP contribution in [0.3, 0.4) is 0 Å². The fourth-order valence-electron chi connectivity index (χ4n) is 2.92. The van der Waals surface area contributed by atoms with Crippen molar-refractivity contribution < 1.29 is 23.9 Å². The van der Waals surface area contributed by atoms with Gasteiger partial charge in [0.2, 0.25) is 11.8 Å². The predicted molar refractivity (Wildman–Crippen MR) is 88.0 cm³/mol. The molecule has 2 heterocycles. The van der Waals surface area contributed by atoms with Crippen molar-refractivity contribution in [3.8, 4) is 5.75 Å². The normalized spacial score (nSPS) is 21.4. The minimum atomic E-state index is -0.972. The lowest BCUT2D eigenvalue weighted by molar-refractivity contribution is -0.136. The summed E-state index contributed by atoms with van der Waals surface area (Å²) in [6.07, 6.45) is 0.0887. The van der Waals surface area contributed by atoms with E-state index in [2.05, 4.69) is 5.32 Å². The maximum atomic E-state index is 12.9. The van der Waals surface area contributed by atoms with Gasteiger partial charge in [-0.3, -0.25) is 29.4 Å². The number of rotatable bonds is 4. The van der Waals surface area contributed by atoms with Crippen LogP contribution in [0.1, 0.15) is 54.3 Å². The van der Waals surface area contributed by atoms with Crippen LogP contribution in [-0.4, -0.2) is 40.7 Å². The molecule has 7 heteroatoms. The fourth-order valence-corrected chi connectivity index (χ4v) is 2.92. The van der Waals surface area contributed by atoms with E-state index in [4.69, 9.17) is 4.74 Å². The molecule has 132 valence electrons. The fraction of sp³-hybridized carbons (Fsp3) is 0.444. The summed E-state index contributed by atoms with van der Waals surface area (Å²) in [4.78, 5) is 49.9. The molecule has 2 aliphatic heterocycles. The molecule has 0 spiro atoms. The molecule has 1 aromatic carbocycles. The highest BCUT2D eigenvalue weighted by atomic mass is 16.5. The number of piperidine rings is 1. The minimum Gasteiger partial charge on any atom is -0.490 e. The van der Waals surface area contributed by atoms with Crippen LogP contribution in [0.5, 0.6) is 5.75 Å². The summed E-state index contributed by atoms with van der Waals surface area (Å²) >= 11 is 0. The van der Waals surface area contributed by atoms with Crippen molar-refractivity contribution in [1.82, 2.24) is 10.2 Å². The van der Waals surface area contributed by atoms with Gasteiger partial charge < -0.3 is 4.74 Å². The Morgan fingerprint density at radius 1 is 1.12 bits per heavy atom. The number of amides is 4. The van der Waals surface area contributed by atoms with Crippen molar-refractivity contribution in [2.24, 2.45) is 5.92 Å². The number of imide groups is 2. The van der Waals surface area contributed by atoms with Crippen molar-refractivity contribution in [2.45, 2.75) is 45.8 Å². The van der Waals surface area contributed by atoms with E-state index in [9.17, 15) is 19.2 Å². The zero-order valence-corrected chi connectivity index (χ0v) is 14.4. The lowest BCUT2D eigenvalue weighted by Crippen LogP contribution is -2.54. The summed E-state index contributed by atoms with van der Waals surface area (Å²) in [6.45, 7) is 5.89. The molecule has 25 heavy (non-hydrogen) atoms. The highest BCUT2D eigenvalue weighted by Crippen LogP contribution is 2.34. The first kappa shape index (κ1) is 17.1. The number of hydrogen-bond donors (Lipinski definition) is 1. The topological polar surface area (TPSA) is 92.8 Å². The quantitative estimate of drug-likeness (QED) is 0.836. The molecule has 1 saturated heterocycles. The number of carbonyl (C=O) groups is 4. The Morgan fingerprint density at radius 2 is 1.84 bits per heavy atom. The predicted octanol–water partition coefficient (Wildman–Crippen LogP) is 1.51. The number of carbonyl (C=O) groups excluding carboxylic acids is 4. The van der Waals surface area contributed by atoms with Crippen LogP contribution in [0, 0.1) is 5.92 Å². The molecule has 4 amide bonds. The first-order valence-corrected chi connectivity index (χ1v) is 8.32. The average molecular weight is 344 g/mol. The van der Waals surface area contributed by atoms with Gasteiger partial charge in [0.15, 0.2) is 0 Å². The Morgan fingerprint density at radius 3 is 2.48 bits per heavy atom. The molecule has 0 aliphatic carbocycles. The third-order valence-corrected chi connectivity index (χ3v) is 4.68. The van der Waals surface area contributed by atoms with Crippen LogP contribution in [0.25, 0.3) is 0 Å². The third kappa shape index (κ3) is 2.90. The van der Waals surface area contributed by atoms with E-state index in [-0.39, 0.29) is 36.0 Å². The summed E-state index contributed by atoms with van der Waals surface area (Å²) in [6, 6.07) is 3.88. The number of nitrogens with one attached hydrogen (secondary N) is 1. The van der Waals surface area contributed by atoms with Crippen molar-refractivity contribution in [3.05, 3.63) is 29.3 Å². The van der Waals surface area contributed by atoms with Crippen molar-refractivity contribution in [2.75, 3.05) is 0 Å². The lowest BCUT2D eigenvalue weighted by atomic mass is 10.0. The third-order valence-electron chi connectivity index (χ3n) is 4.68. The van der Waals surface area contributed by atoms with E-state index in [1.54, 1.807) is 18.2 Å². The highest BCUT2D eigenvalue weighted by Gasteiger charge is 2.46. The summed E-state index contributed by atoms with van der Waals surface area (Å²) in [5.74, 6) is -1.53. The summed E-state index contributed by atoms with van der Waals surface area (Å²) < 4.78 is 5.86. The van der Waals surface area contributed by atoms with Crippen LogP contribution in [-0.2, 0) is 9.59 Å². The standard InChI is InChI=1S/C18H20N2O5/c1-9(2)10(3)25-13-6-4-5-11-15(13)18(24)20(17(11)23)12-7-8-14(21)19-16(12)22/h4-6,9-10,12H,7-8H2,1-3H3,(H,19,21,22)/t10-,12?/m0/s1. The van der Waals surface area contributed by atoms with Crippen LogP contribution < -0.4 is 10.1 Å². The van der Waals surface area contributed by atoms with Crippen molar-refractivity contribution in [3.63, 3.8) is 0 Å². The second-order valence-corrected chi connectivity index (χ2v) is 6.69. The lowest BCUT2D eigenvalue weighted by Gasteiger charge is -2.27. The Bertz CT molecular complexity index is 771. The number of benzene rings is 1. The summed E-state index contributed by atoms with van der Waals surface area (Å²) in [5, 5.41) is 2.18. The van der Waals surface area contributed by atoms with Gasteiger partial charge in [-0.2, -0.15) is 0 Å². The largest absolute Gasteiger partial charge is 0.490 e. The molecule has 1 unspecified atom stereocenters. The van der Waals surface area contributed by atoms with Gasteiger partial charge in [0.05, 0.1) is 17.2 Å². The molecular formula is C18H20N2O5. The molecule has 1 aromatic rings. The number of ether oxygens (including phenoxy) is 1.